The van der Waals surface area contributed by atoms with Crippen LogP contribution in [0.4, 0.5) is 0 Å². The fourth-order valence-corrected chi connectivity index (χ4v) is 1.09. The highest BCUT2D eigenvalue weighted by Crippen LogP contribution is 1.95. The first-order chi connectivity index (χ1) is 4.11. The Kier molecular flexibility index (Phi) is 1.42. The van der Waals surface area contributed by atoms with Crippen LogP contribution in [0.25, 0.3) is 0 Å². The molecule has 0 radical (unpaired) electrons. The molecule has 6 heteroatoms. The number of hydrogen-bond acceptors (Lipinski definition) is 3. The molecular weight excluding hydrogens is 142 g/mol. The predicted octanol–water partition coefficient (Wildman–Crippen LogP) is -1.47. The first-order valence-electron chi connectivity index (χ1n) is 2.40. The lowest BCUT2D eigenvalue weighted by Gasteiger charge is -2.07. The Morgan fingerprint density at radius 3 is 2.56 bits per heavy atom. The first kappa shape index (κ1) is 6.50. The quantitative estimate of drug-likeness (QED) is 0.494. The van der Waals surface area contributed by atoms with E-state index >= 15 is 0 Å². The molecule has 0 aromatic rings. The lowest BCUT2D eigenvalue weighted by molar-refractivity contribution is 0.543. The summed E-state index contributed by atoms with van der Waals surface area (Å²) in [6.45, 7) is 0.884. The van der Waals surface area contributed by atoms with Crippen LogP contribution in [-0.4, -0.2) is 32.2 Å². The van der Waals surface area contributed by atoms with Gasteiger partial charge in [-0.2, -0.15) is 8.42 Å². The van der Waals surface area contributed by atoms with Gasteiger partial charge in [0.1, 0.15) is 6.34 Å². The summed E-state index contributed by atoms with van der Waals surface area (Å²) in [4.78, 5) is 3.67. The molecule has 1 heterocycles. The van der Waals surface area contributed by atoms with Crippen LogP contribution >= 0.6 is 0 Å². The summed E-state index contributed by atoms with van der Waals surface area (Å²) in [5.74, 6) is 0. The van der Waals surface area contributed by atoms with Crippen LogP contribution in [0.2, 0.25) is 0 Å². The molecule has 0 amide bonds. The van der Waals surface area contributed by atoms with Gasteiger partial charge in [0.15, 0.2) is 0 Å². The average Bonchev–Trinajstić information content (AvgIpc) is 2.08. The molecule has 0 aromatic heterocycles. The molecule has 0 atom stereocenters. The SMILES string of the molecule is NS(=O)(=O)N1C=NCC1. The average molecular weight is 149 g/mol. The van der Waals surface area contributed by atoms with Gasteiger partial charge in [0.05, 0.1) is 13.1 Å². The van der Waals surface area contributed by atoms with Gasteiger partial charge in [0, 0.05) is 0 Å². The molecular formula is C3H7N3O2S. The zero-order chi connectivity index (χ0) is 6.91. The summed E-state index contributed by atoms with van der Waals surface area (Å²) >= 11 is 0. The minimum absolute atomic E-state index is 0.374. The molecule has 0 saturated heterocycles. The van der Waals surface area contributed by atoms with Crippen molar-refractivity contribution in [3.63, 3.8) is 0 Å². The van der Waals surface area contributed by atoms with Crippen molar-refractivity contribution in [1.82, 2.24) is 4.31 Å². The number of rotatable bonds is 1. The second-order valence-corrected chi connectivity index (χ2v) is 3.18. The molecule has 1 aliphatic heterocycles. The van der Waals surface area contributed by atoms with E-state index in [1.165, 1.54) is 6.34 Å². The van der Waals surface area contributed by atoms with Crippen molar-refractivity contribution in [2.24, 2.45) is 10.1 Å². The smallest absolute Gasteiger partial charge is 0.273 e. The largest absolute Gasteiger partial charge is 0.299 e. The van der Waals surface area contributed by atoms with Gasteiger partial charge in [-0.3, -0.25) is 4.99 Å². The normalized spacial score (nSPS) is 19.0. The first-order valence-corrected chi connectivity index (χ1v) is 3.90. The van der Waals surface area contributed by atoms with Crippen molar-refractivity contribution >= 4 is 16.5 Å². The number of aliphatic imine (C=N–C) groups is 1. The molecule has 1 aliphatic rings. The predicted molar refractivity (Wildman–Crippen MR) is 33.2 cm³/mol. The Balaban J connectivity index is 2.76. The van der Waals surface area contributed by atoms with Crippen molar-refractivity contribution in [3.8, 4) is 0 Å². The summed E-state index contributed by atoms with van der Waals surface area (Å²) in [5.41, 5.74) is 0. The minimum atomic E-state index is -3.52. The van der Waals surface area contributed by atoms with Gasteiger partial charge in [-0.1, -0.05) is 0 Å². The molecule has 9 heavy (non-hydrogen) atoms. The van der Waals surface area contributed by atoms with Gasteiger partial charge >= 0.3 is 0 Å². The summed E-state index contributed by atoms with van der Waals surface area (Å²) in [6.07, 6.45) is 1.23. The molecule has 1 rings (SSSR count). The van der Waals surface area contributed by atoms with Crippen molar-refractivity contribution in [3.05, 3.63) is 0 Å². The van der Waals surface area contributed by atoms with E-state index in [-0.39, 0.29) is 0 Å². The van der Waals surface area contributed by atoms with E-state index in [1.807, 2.05) is 0 Å². The molecule has 0 spiro atoms. The third kappa shape index (κ3) is 1.39. The van der Waals surface area contributed by atoms with Crippen LogP contribution in [0.5, 0.6) is 0 Å². The molecule has 0 saturated carbocycles. The summed E-state index contributed by atoms with van der Waals surface area (Å²) in [6, 6.07) is 0. The van der Waals surface area contributed by atoms with E-state index in [0.717, 1.165) is 4.31 Å². The van der Waals surface area contributed by atoms with Gasteiger partial charge in [0.25, 0.3) is 10.2 Å². The van der Waals surface area contributed by atoms with Crippen LogP contribution in [0.1, 0.15) is 0 Å². The molecule has 0 unspecified atom stereocenters. The van der Waals surface area contributed by atoms with Crippen molar-refractivity contribution in [2.45, 2.75) is 0 Å². The molecule has 5 nitrogen and oxygen atoms in total. The van der Waals surface area contributed by atoms with Crippen LogP contribution in [-0.2, 0) is 10.2 Å². The molecule has 2 N–H and O–H groups in total. The van der Waals surface area contributed by atoms with Crippen molar-refractivity contribution in [2.75, 3.05) is 13.1 Å². The maximum atomic E-state index is 10.4. The number of hydrogen-bond donors (Lipinski definition) is 1. The van der Waals surface area contributed by atoms with Crippen molar-refractivity contribution < 1.29 is 8.42 Å². The Labute approximate surface area is 53.4 Å². The molecule has 0 bridgehead atoms. The molecule has 0 aromatic carbocycles. The van der Waals surface area contributed by atoms with E-state index in [1.54, 1.807) is 0 Å². The fourth-order valence-electron chi connectivity index (χ4n) is 0.556. The van der Waals surface area contributed by atoms with E-state index in [0.29, 0.717) is 13.1 Å². The monoisotopic (exact) mass is 149 g/mol. The molecule has 0 fully saturated rings. The lowest BCUT2D eigenvalue weighted by atomic mass is 10.7. The second-order valence-electron chi connectivity index (χ2n) is 1.68. The highest BCUT2D eigenvalue weighted by atomic mass is 32.2. The van der Waals surface area contributed by atoms with E-state index in [9.17, 15) is 8.42 Å². The van der Waals surface area contributed by atoms with E-state index in [2.05, 4.69) is 4.99 Å². The summed E-state index contributed by atoms with van der Waals surface area (Å²) in [5, 5.41) is 4.75. The third-order valence-corrected chi connectivity index (χ3v) is 1.92. The number of nitrogens with two attached hydrogens (primary N) is 1. The highest BCUT2D eigenvalue weighted by molar-refractivity contribution is 7.87. The van der Waals surface area contributed by atoms with Crippen molar-refractivity contribution in [1.29, 1.82) is 0 Å². The highest BCUT2D eigenvalue weighted by Gasteiger charge is 2.15. The zero-order valence-corrected chi connectivity index (χ0v) is 5.50. The Bertz CT molecular complexity index is 219. The van der Waals surface area contributed by atoms with E-state index in [4.69, 9.17) is 5.14 Å². The van der Waals surface area contributed by atoms with Gasteiger partial charge < -0.3 is 0 Å². The van der Waals surface area contributed by atoms with Crippen LogP contribution < -0.4 is 5.14 Å². The zero-order valence-electron chi connectivity index (χ0n) is 4.69. The minimum Gasteiger partial charge on any atom is -0.273 e. The van der Waals surface area contributed by atoms with Gasteiger partial charge in [0.2, 0.25) is 0 Å². The van der Waals surface area contributed by atoms with Crippen LogP contribution in [0.3, 0.4) is 0 Å². The Morgan fingerprint density at radius 2 is 2.33 bits per heavy atom. The molecule has 0 aliphatic carbocycles. The van der Waals surface area contributed by atoms with Crippen LogP contribution in [0.15, 0.2) is 4.99 Å². The third-order valence-electron chi connectivity index (χ3n) is 0.987. The summed E-state index contributed by atoms with van der Waals surface area (Å²) in [7, 11) is -3.52. The van der Waals surface area contributed by atoms with Crippen LogP contribution in [0, 0.1) is 0 Å². The van der Waals surface area contributed by atoms with Gasteiger partial charge in [-0.15, -0.1) is 0 Å². The van der Waals surface area contributed by atoms with Gasteiger partial charge in [-0.25, -0.2) is 9.44 Å². The summed E-state index contributed by atoms with van der Waals surface area (Å²) < 4.78 is 21.9. The maximum absolute atomic E-state index is 10.4. The molecule has 52 valence electrons. The topological polar surface area (TPSA) is 75.8 Å². The number of nitrogens with zero attached hydrogens (tertiary/aromatic N) is 2. The van der Waals surface area contributed by atoms with E-state index < -0.39 is 10.2 Å². The maximum Gasteiger partial charge on any atom is 0.299 e. The lowest BCUT2D eigenvalue weighted by Crippen LogP contribution is -2.34. The Morgan fingerprint density at radius 1 is 1.67 bits per heavy atom. The standard InChI is InChI=1S/C3H7N3O2S/c4-9(7,8)6-2-1-5-3-6/h3H,1-2H2,(H2,4,7,8). The Hall–Kier alpha value is -0.620. The fraction of sp³-hybridized carbons (Fsp3) is 0.667. The van der Waals surface area contributed by atoms with Gasteiger partial charge in [-0.05, 0) is 0 Å². The second kappa shape index (κ2) is 1.96.